The third-order valence-electron chi connectivity index (χ3n) is 5.36. The molecule has 1 aromatic rings. The van der Waals surface area contributed by atoms with Crippen LogP contribution in [-0.2, 0) is 0 Å². The van der Waals surface area contributed by atoms with E-state index in [1.165, 1.54) is 49.9 Å². The Labute approximate surface area is 139 Å². The summed E-state index contributed by atoms with van der Waals surface area (Å²) in [5.74, 6) is 2.66. The molecule has 23 heavy (non-hydrogen) atoms. The fraction of sp³-hybridized carbons (Fsp3) is 0.476. The molecule has 1 unspecified atom stereocenters. The van der Waals surface area contributed by atoms with Crippen LogP contribution in [0.4, 0.5) is 0 Å². The number of rotatable bonds is 2. The molecule has 4 rings (SSSR count). The molecule has 2 heteroatoms. The molecule has 1 aromatic heterocycles. The lowest BCUT2D eigenvalue weighted by Crippen LogP contribution is -2.49. The summed E-state index contributed by atoms with van der Waals surface area (Å²) in [5.41, 5.74) is 4.28. The second-order valence-corrected chi connectivity index (χ2v) is 7.22. The van der Waals surface area contributed by atoms with Crippen molar-refractivity contribution in [2.24, 2.45) is 5.92 Å². The van der Waals surface area contributed by atoms with Crippen molar-refractivity contribution in [2.75, 3.05) is 13.1 Å². The Balaban J connectivity index is 1.59. The van der Waals surface area contributed by atoms with Crippen molar-refractivity contribution in [3.63, 3.8) is 0 Å². The molecule has 3 heterocycles. The van der Waals surface area contributed by atoms with Gasteiger partial charge in [-0.3, -0.25) is 4.90 Å². The average Bonchev–Trinajstić information content (AvgIpc) is 2.53. The van der Waals surface area contributed by atoms with Crippen LogP contribution in [0, 0.1) is 19.8 Å². The number of aryl methyl sites for hydroxylation is 2. The summed E-state index contributed by atoms with van der Waals surface area (Å²) in [7, 11) is 0. The monoisotopic (exact) mass is 308 g/mol. The molecule has 2 atom stereocenters. The van der Waals surface area contributed by atoms with Gasteiger partial charge in [-0.05, 0) is 55.8 Å². The van der Waals surface area contributed by atoms with E-state index in [4.69, 9.17) is 4.42 Å². The number of hydrogen-bond donors (Lipinski definition) is 0. The van der Waals surface area contributed by atoms with Crippen molar-refractivity contribution < 1.29 is 4.42 Å². The SMILES string of the molecule is Cc1cc(/C=C/C2=CC3CCCN4CCCC(=C2)[C@H]34)cc(C)[o+]1. The van der Waals surface area contributed by atoms with Gasteiger partial charge < -0.3 is 0 Å². The fourth-order valence-corrected chi connectivity index (χ4v) is 4.55. The van der Waals surface area contributed by atoms with E-state index < -0.39 is 0 Å². The molecule has 120 valence electrons. The van der Waals surface area contributed by atoms with Crippen molar-refractivity contribution >= 4 is 6.08 Å². The van der Waals surface area contributed by atoms with Gasteiger partial charge in [-0.25, -0.2) is 4.42 Å². The Kier molecular flexibility index (Phi) is 3.94. The largest absolute Gasteiger partial charge is 0.327 e. The zero-order valence-corrected chi connectivity index (χ0v) is 14.2. The molecule has 0 bridgehead atoms. The van der Waals surface area contributed by atoms with E-state index in [0.717, 1.165) is 17.4 Å². The first-order valence-corrected chi connectivity index (χ1v) is 8.95. The van der Waals surface area contributed by atoms with E-state index >= 15 is 0 Å². The van der Waals surface area contributed by atoms with Crippen LogP contribution in [0.5, 0.6) is 0 Å². The molecule has 1 aliphatic carbocycles. The zero-order valence-electron chi connectivity index (χ0n) is 14.2. The lowest BCUT2D eigenvalue weighted by Gasteiger charge is -2.46. The minimum atomic E-state index is 0.703. The minimum Gasteiger partial charge on any atom is -0.296 e. The van der Waals surface area contributed by atoms with E-state index in [2.05, 4.69) is 41.3 Å². The molecule has 0 aromatic carbocycles. The summed E-state index contributed by atoms with van der Waals surface area (Å²) in [6.45, 7) is 6.61. The first kappa shape index (κ1) is 14.9. The second kappa shape index (κ2) is 6.09. The van der Waals surface area contributed by atoms with E-state index in [1.54, 1.807) is 5.57 Å². The van der Waals surface area contributed by atoms with Crippen LogP contribution < -0.4 is 0 Å². The van der Waals surface area contributed by atoms with E-state index in [-0.39, 0.29) is 0 Å². The molecule has 0 amide bonds. The standard InChI is InChI=1S/C21H26NO/c1-15-11-17(12-16(2)23-15)7-8-18-13-19-5-3-9-22-10-4-6-20(14-18)21(19)22/h7-8,11-14,19,21H,3-6,9-10H2,1-2H3/q+1/b8-7+/t19?,21-/m0/s1. The predicted octanol–water partition coefficient (Wildman–Crippen LogP) is 4.93. The van der Waals surface area contributed by atoms with Gasteiger partial charge in [0.25, 0.3) is 0 Å². The van der Waals surface area contributed by atoms with E-state index in [1.807, 2.05) is 13.8 Å². The van der Waals surface area contributed by atoms with Crippen molar-refractivity contribution in [3.8, 4) is 0 Å². The third kappa shape index (κ3) is 3.05. The molecule has 2 aliphatic heterocycles. The van der Waals surface area contributed by atoms with Gasteiger partial charge in [-0.15, -0.1) is 0 Å². The highest BCUT2D eigenvalue weighted by Gasteiger charge is 2.36. The maximum absolute atomic E-state index is 5.57. The summed E-state index contributed by atoms with van der Waals surface area (Å²) in [4.78, 5) is 2.71. The number of piperidine rings is 2. The van der Waals surface area contributed by atoms with Crippen LogP contribution in [-0.4, -0.2) is 24.0 Å². The maximum atomic E-state index is 5.57. The lowest BCUT2D eigenvalue weighted by atomic mass is 9.76. The molecule has 0 radical (unpaired) electrons. The molecule has 0 N–H and O–H groups in total. The van der Waals surface area contributed by atoms with Crippen LogP contribution in [0.15, 0.2) is 45.9 Å². The van der Waals surface area contributed by atoms with E-state index in [9.17, 15) is 0 Å². The maximum Gasteiger partial charge on any atom is 0.327 e. The molecule has 0 saturated carbocycles. The van der Waals surface area contributed by atoms with Crippen LogP contribution in [0.3, 0.4) is 0 Å². The Morgan fingerprint density at radius 3 is 2.70 bits per heavy atom. The normalized spacial score (nSPS) is 27.6. The smallest absolute Gasteiger partial charge is 0.296 e. The highest BCUT2D eigenvalue weighted by molar-refractivity contribution is 5.56. The van der Waals surface area contributed by atoms with Gasteiger partial charge in [-0.1, -0.05) is 29.9 Å². The fourth-order valence-electron chi connectivity index (χ4n) is 4.55. The molecular weight excluding hydrogens is 282 g/mol. The topological polar surface area (TPSA) is 14.5 Å². The molecule has 3 aliphatic rings. The Hall–Kier alpha value is -1.67. The van der Waals surface area contributed by atoms with Gasteiger partial charge in [0.2, 0.25) is 0 Å². The Morgan fingerprint density at radius 2 is 1.87 bits per heavy atom. The van der Waals surface area contributed by atoms with Crippen LogP contribution in [0.1, 0.15) is 42.8 Å². The van der Waals surface area contributed by atoms with Crippen molar-refractivity contribution in [3.05, 3.63) is 58.6 Å². The van der Waals surface area contributed by atoms with Crippen LogP contribution in [0.2, 0.25) is 0 Å². The van der Waals surface area contributed by atoms with Gasteiger partial charge >= 0.3 is 11.5 Å². The van der Waals surface area contributed by atoms with Gasteiger partial charge in [-0.2, -0.15) is 0 Å². The van der Waals surface area contributed by atoms with Gasteiger partial charge in [0.05, 0.1) is 13.8 Å². The quantitative estimate of drug-likeness (QED) is 0.719. The van der Waals surface area contributed by atoms with Crippen molar-refractivity contribution in [2.45, 2.75) is 45.6 Å². The lowest BCUT2D eigenvalue weighted by molar-refractivity contribution is 0.114. The third-order valence-corrected chi connectivity index (χ3v) is 5.36. The van der Waals surface area contributed by atoms with Crippen LogP contribution >= 0.6 is 0 Å². The predicted molar refractivity (Wildman–Crippen MR) is 95.1 cm³/mol. The summed E-state index contributed by atoms with van der Waals surface area (Å²) < 4.78 is 5.57. The number of allylic oxidation sites excluding steroid dienone is 3. The number of hydrogen-bond acceptors (Lipinski definition) is 1. The average molecular weight is 308 g/mol. The van der Waals surface area contributed by atoms with Crippen molar-refractivity contribution in [1.82, 2.24) is 4.90 Å². The van der Waals surface area contributed by atoms with E-state index in [0.29, 0.717) is 6.04 Å². The second-order valence-electron chi connectivity index (χ2n) is 7.22. The van der Waals surface area contributed by atoms with Gasteiger partial charge in [0, 0.05) is 18.2 Å². The Morgan fingerprint density at radius 1 is 1.09 bits per heavy atom. The zero-order chi connectivity index (χ0) is 15.8. The first-order chi connectivity index (χ1) is 11.2. The summed E-state index contributed by atoms with van der Waals surface area (Å²) in [5, 5.41) is 0. The summed E-state index contributed by atoms with van der Waals surface area (Å²) in [6.07, 6.45) is 14.8. The van der Waals surface area contributed by atoms with Crippen LogP contribution in [0.25, 0.3) is 6.08 Å². The summed E-state index contributed by atoms with van der Waals surface area (Å²) in [6, 6.07) is 4.91. The molecule has 2 fully saturated rings. The molecular formula is C21H26NO+. The summed E-state index contributed by atoms with van der Waals surface area (Å²) >= 11 is 0. The minimum absolute atomic E-state index is 0.703. The van der Waals surface area contributed by atoms with Gasteiger partial charge in [0.1, 0.15) is 0 Å². The highest BCUT2D eigenvalue weighted by atomic mass is 16.3. The highest BCUT2D eigenvalue weighted by Crippen LogP contribution is 2.39. The Bertz CT molecular complexity index is 676. The molecule has 2 nitrogen and oxygen atoms in total. The van der Waals surface area contributed by atoms with Crippen molar-refractivity contribution in [1.29, 1.82) is 0 Å². The first-order valence-electron chi connectivity index (χ1n) is 8.95. The molecule has 2 saturated heterocycles. The number of nitrogens with zero attached hydrogens (tertiary/aromatic N) is 1. The van der Waals surface area contributed by atoms with Gasteiger partial charge in [0.15, 0.2) is 0 Å². The molecule has 0 spiro atoms.